The van der Waals surface area contributed by atoms with Gasteiger partial charge in [0.05, 0.1) is 13.2 Å². The quantitative estimate of drug-likeness (QED) is 0.868. The number of amidine groups is 1. The van der Waals surface area contributed by atoms with Gasteiger partial charge in [-0.05, 0) is 25.0 Å². The molecule has 25 heavy (non-hydrogen) atoms. The van der Waals surface area contributed by atoms with Gasteiger partial charge >= 0.3 is 0 Å². The molecule has 1 aromatic rings. The van der Waals surface area contributed by atoms with Crippen molar-refractivity contribution < 1.29 is 9.53 Å². The second-order valence-electron chi connectivity index (χ2n) is 6.76. The van der Waals surface area contributed by atoms with E-state index in [4.69, 9.17) is 9.73 Å². The summed E-state index contributed by atoms with van der Waals surface area (Å²) in [5.41, 5.74) is 0.772. The van der Waals surface area contributed by atoms with Crippen molar-refractivity contribution >= 4 is 28.5 Å². The smallest absolute Gasteiger partial charge is 0.226 e. The summed E-state index contributed by atoms with van der Waals surface area (Å²) in [4.78, 5) is 19.5. The van der Waals surface area contributed by atoms with Crippen molar-refractivity contribution in [3.05, 3.63) is 24.3 Å². The van der Waals surface area contributed by atoms with Gasteiger partial charge in [-0.1, -0.05) is 37.1 Å². The molecule has 1 aromatic carbocycles. The second kappa shape index (κ2) is 8.61. The minimum atomic E-state index is 0.0321. The van der Waals surface area contributed by atoms with Crippen LogP contribution in [0.15, 0.2) is 29.3 Å². The van der Waals surface area contributed by atoms with E-state index in [0.717, 1.165) is 22.4 Å². The van der Waals surface area contributed by atoms with Crippen molar-refractivity contribution in [3.63, 3.8) is 0 Å². The molecule has 136 valence electrons. The molecular weight excluding hydrogens is 334 g/mol. The molecule has 1 heterocycles. The highest BCUT2D eigenvalue weighted by molar-refractivity contribution is 8.14. The summed E-state index contributed by atoms with van der Waals surface area (Å²) in [5, 5.41) is 4.07. The van der Waals surface area contributed by atoms with Gasteiger partial charge < -0.3 is 15.0 Å². The van der Waals surface area contributed by atoms with Gasteiger partial charge in [0.1, 0.15) is 5.75 Å². The number of anilines is 1. The largest absolute Gasteiger partial charge is 0.497 e. The molecule has 1 aliphatic heterocycles. The van der Waals surface area contributed by atoms with Gasteiger partial charge in [0.15, 0.2) is 5.17 Å². The fraction of sp³-hybridized carbons (Fsp3) is 0.579. The van der Waals surface area contributed by atoms with Crippen LogP contribution in [-0.4, -0.2) is 48.0 Å². The lowest BCUT2D eigenvalue weighted by Gasteiger charge is -2.23. The molecule has 0 bridgehead atoms. The topological polar surface area (TPSA) is 53.9 Å². The van der Waals surface area contributed by atoms with E-state index >= 15 is 0 Å². The van der Waals surface area contributed by atoms with E-state index in [1.165, 1.54) is 32.1 Å². The molecule has 1 atom stereocenters. The third kappa shape index (κ3) is 4.91. The molecule has 1 N–H and O–H groups in total. The van der Waals surface area contributed by atoms with Crippen LogP contribution < -0.4 is 10.1 Å². The minimum absolute atomic E-state index is 0.0321. The molecular formula is C19H27N3O2S. The number of thioether (sulfide) groups is 1. The Kier molecular flexibility index (Phi) is 6.24. The number of ether oxygens (including phenoxy) is 1. The number of carbonyl (C=O) groups is 1. The van der Waals surface area contributed by atoms with Crippen molar-refractivity contribution in [3.8, 4) is 5.75 Å². The number of amides is 1. The molecule has 2 fully saturated rings. The minimum Gasteiger partial charge on any atom is -0.497 e. The number of aliphatic imine (C=N–C) groups is 1. The molecule has 0 aromatic heterocycles. The molecule has 6 heteroatoms. The Balaban J connectivity index is 1.54. The van der Waals surface area contributed by atoms with Crippen molar-refractivity contribution in [2.45, 2.75) is 50.6 Å². The number of benzene rings is 1. The average molecular weight is 362 g/mol. The third-order valence-corrected chi connectivity index (χ3v) is 6.10. The van der Waals surface area contributed by atoms with Gasteiger partial charge in [-0.2, -0.15) is 0 Å². The van der Waals surface area contributed by atoms with Crippen LogP contribution >= 0.6 is 11.8 Å². The predicted octanol–water partition coefficient (Wildman–Crippen LogP) is 3.76. The van der Waals surface area contributed by atoms with Crippen LogP contribution in [0.4, 0.5) is 5.69 Å². The first-order valence-corrected chi connectivity index (χ1v) is 10.0. The maximum atomic E-state index is 12.4. The first-order chi connectivity index (χ1) is 12.2. The lowest BCUT2D eigenvalue weighted by Crippen LogP contribution is -2.34. The molecule has 1 amide bonds. The zero-order valence-corrected chi connectivity index (χ0v) is 15.8. The molecule has 0 radical (unpaired) electrons. The van der Waals surface area contributed by atoms with Crippen LogP contribution in [0, 0.1) is 0 Å². The number of carbonyl (C=O) groups excluding carboxylic acids is 1. The fourth-order valence-electron chi connectivity index (χ4n) is 3.36. The highest BCUT2D eigenvalue weighted by Crippen LogP contribution is 2.28. The lowest BCUT2D eigenvalue weighted by molar-refractivity contribution is -0.116. The van der Waals surface area contributed by atoms with E-state index < -0.39 is 0 Å². The zero-order valence-electron chi connectivity index (χ0n) is 15.0. The van der Waals surface area contributed by atoms with Crippen LogP contribution in [0.5, 0.6) is 5.75 Å². The number of nitrogens with zero attached hydrogens (tertiary/aromatic N) is 2. The van der Waals surface area contributed by atoms with E-state index in [1.54, 1.807) is 18.9 Å². The van der Waals surface area contributed by atoms with E-state index in [-0.39, 0.29) is 11.9 Å². The van der Waals surface area contributed by atoms with Crippen molar-refractivity contribution in [2.24, 2.45) is 4.99 Å². The summed E-state index contributed by atoms with van der Waals surface area (Å²) in [6.45, 7) is 0. The lowest BCUT2D eigenvalue weighted by atomic mass is 9.96. The molecule has 2 aliphatic rings. The summed E-state index contributed by atoms with van der Waals surface area (Å²) >= 11 is 1.78. The highest BCUT2D eigenvalue weighted by Gasteiger charge is 2.29. The van der Waals surface area contributed by atoms with Crippen molar-refractivity contribution in [2.75, 3.05) is 25.2 Å². The van der Waals surface area contributed by atoms with Crippen LogP contribution in [0.2, 0.25) is 0 Å². The standard InChI is InChI=1S/C19H27N3O2S/c1-22-16(13-25-19(22)21-14-7-4-3-5-8-14)12-18(23)20-15-9-6-10-17(11-15)24-2/h6,9-11,14,16H,3-5,7-8,12-13H2,1-2H3,(H,20,23). The van der Waals surface area contributed by atoms with E-state index in [9.17, 15) is 4.79 Å². The van der Waals surface area contributed by atoms with Gasteiger partial charge in [-0.15, -0.1) is 0 Å². The fourth-order valence-corrected chi connectivity index (χ4v) is 4.62. The predicted molar refractivity (Wildman–Crippen MR) is 105 cm³/mol. The Morgan fingerprint density at radius 3 is 2.92 bits per heavy atom. The molecule has 0 spiro atoms. The van der Waals surface area contributed by atoms with Crippen molar-refractivity contribution in [1.29, 1.82) is 0 Å². The number of methoxy groups -OCH3 is 1. The van der Waals surface area contributed by atoms with E-state index in [2.05, 4.69) is 17.3 Å². The first kappa shape index (κ1) is 18.1. The molecule has 1 saturated carbocycles. The second-order valence-corrected chi connectivity index (χ2v) is 7.75. The molecule has 1 aliphatic carbocycles. The summed E-state index contributed by atoms with van der Waals surface area (Å²) in [7, 11) is 3.68. The number of nitrogens with one attached hydrogen (secondary N) is 1. The normalized spacial score (nSPS) is 23.0. The molecule has 1 saturated heterocycles. The molecule has 1 unspecified atom stereocenters. The summed E-state index contributed by atoms with van der Waals surface area (Å²) in [6, 6.07) is 8.14. The summed E-state index contributed by atoms with van der Waals surface area (Å²) in [5.74, 6) is 1.70. The average Bonchev–Trinajstić information content (AvgIpc) is 2.96. The Bertz CT molecular complexity index is 629. The maximum absolute atomic E-state index is 12.4. The van der Waals surface area contributed by atoms with Crippen LogP contribution in [0.25, 0.3) is 0 Å². The highest BCUT2D eigenvalue weighted by atomic mass is 32.2. The summed E-state index contributed by atoms with van der Waals surface area (Å²) in [6.07, 6.45) is 6.82. The number of hydrogen-bond acceptors (Lipinski definition) is 4. The SMILES string of the molecule is COc1cccc(NC(=O)CC2CSC(=NC3CCCCC3)N2C)c1. The van der Waals surface area contributed by atoms with Gasteiger partial charge in [0.2, 0.25) is 5.91 Å². The third-order valence-electron chi connectivity index (χ3n) is 4.90. The number of hydrogen-bond donors (Lipinski definition) is 1. The Morgan fingerprint density at radius 1 is 1.36 bits per heavy atom. The zero-order chi connectivity index (χ0) is 17.6. The van der Waals surface area contributed by atoms with Crippen LogP contribution in [0.3, 0.4) is 0 Å². The van der Waals surface area contributed by atoms with E-state index in [0.29, 0.717) is 12.5 Å². The van der Waals surface area contributed by atoms with Gasteiger partial charge in [-0.3, -0.25) is 9.79 Å². The van der Waals surface area contributed by atoms with Gasteiger partial charge in [-0.25, -0.2) is 0 Å². The maximum Gasteiger partial charge on any atom is 0.226 e. The van der Waals surface area contributed by atoms with Crippen LogP contribution in [0.1, 0.15) is 38.5 Å². The first-order valence-electron chi connectivity index (χ1n) is 9.03. The van der Waals surface area contributed by atoms with Gasteiger partial charge in [0, 0.05) is 37.0 Å². The van der Waals surface area contributed by atoms with Crippen molar-refractivity contribution in [1.82, 2.24) is 4.90 Å². The Morgan fingerprint density at radius 2 is 2.16 bits per heavy atom. The Labute approximate surface area is 154 Å². The van der Waals surface area contributed by atoms with Crippen LogP contribution in [-0.2, 0) is 4.79 Å². The molecule has 5 nitrogen and oxygen atoms in total. The van der Waals surface area contributed by atoms with E-state index in [1.807, 2.05) is 24.3 Å². The monoisotopic (exact) mass is 361 g/mol. The van der Waals surface area contributed by atoms with Gasteiger partial charge in [0.25, 0.3) is 0 Å². The molecule has 3 rings (SSSR count). The Hall–Kier alpha value is -1.69. The number of rotatable bonds is 5. The summed E-state index contributed by atoms with van der Waals surface area (Å²) < 4.78 is 5.19.